The van der Waals surface area contributed by atoms with E-state index in [1.165, 1.54) is 23.0 Å². The molecule has 2 rings (SSSR count). The maximum atomic E-state index is 3.52. The Bertz CT molecular complexity index is 450. The van der Waals surface area contributed by atoms with E-state index < -0.39 is 0 Å². The quantitative estimate of drug-likeness (QED) is 0.432. The SMILES string of the molecule is BrCc1c(I)ccc2sc(Br)cc12. The van der Waals surface area contributed by atoms with E-state index in [9.17, 15) is 0 Å². The van der Waals surface area contributed by atoms with Crippen LogP contribution in [-0.4, -0.2) is 0 Å². The number of thiophene rings is 1. The molecule has 13 heavy (non-hydrogen) atoms. The van der Waals surface area contributed by atoms with Crippen LogP contribution in [0.15, 0.2) is 22.0 Å². The summed E-state index contributed by atoms with van der Waals surface area (Å²) in [4.78, 5) is 0. The van der Waals surface area contributed by atoms with Crippen LogP contribution in [0.5, 0.6) is 0 Å². The molecule has 0 aliphatic rings. The number of fused-ring (bicyclic) bond motifs is 1. The van der Waals surface area contributed by atoms with Crippen LogP contribution in [0.3, 0.4) is 0 Å². The molecule has 0 unspecified atom stereocenters. The second-order valence-corrected chi connectivity index (χ2v) is 6.81. The molecule has 0 aliphatic carbocycles. The maximum absolute atomic E-state index is 3.52. The Morgan fingerprint density at radius 1 is 1.38 bits per heavy atom. The van der Waals surface area contributed by atoms with Crippen LogP contribution in [0.25, 0.3) is 10.1 Å². The standard InChI is InChI=1S/C9H5Br2IS/c10-4-6-5-3-9(11)13-8(5)2-1-7(6)12/h1-3H,4H2. The summed E-state index contributed by atoms with van der Waals surface area (Å²) in [5.74, 6) is 0. The first kappa shape index (κ1) is 10.4. The van der Waals surface area contributed by atoms with Crippen molar-refractivity contribution >= 4 is 75.9 Å². The number of halogens is 3. The van der Waals surface area contributed by atoms with Crippen molar-refractivity contribution < 1.29 is 0 Å². The maximum Gasteiger partial charge on any atom is 0.0711 e. The molecule has 68 valence electrons. The summed E-state index contributed by atoms with van der Waals surface area (Å²) in [6.45, 7) is 0. The topological polar surface area (TPSA) is 0 Å². The summed E-state index contributed by atoms with van der Waals surface area (Å²) in [6.07, 6.45) is 0. The highest BCUT2D eigenvalue weighted by Crippen LogP contribution is 2.34. The van der Waals surface area contributed by atoms with Crippen molar-refractivity contribution in [2.24, 2.45) is 0 Å². The molecule has 0 aliphatic heterocycles. The molecule has 1 aromatic heterocycles. The van der Waals surface area contributed by atoms with Crippen LogP contribution < -0.4 is 0 Å². The van der Waals surface area contributed by atoms with Crippen molar-refractivity contribution in [3.63, 3.8) is 0 Å². The molecule has 1 aromatic carbocycles. The summed E-state index contributed by atoms with van der Waals surface area (Å²) in [6, 6.07) is 6.54. The van der Waals surface area contributed by atoms with Gasteiger partial charge < -0.3 is 0 Å². The third-order valence-corrected chi connectivity index (χ3v) is 5.03. The smallest absolute Gasteiger partial charge is 0.0711 e. The first-order valence-corrected chi connectivity index (χ1v) is 7.45. The summed E-state index contributed by atoms with van der Waals surface area (Å²) < 4.78 is 3.88. The first-order valence-electron chi connectivity index (χ1n) is 3.65. The van der Waals surface area contributed by atoms with Crippen LogP contribution in [0, 0.1) is 3.57 Å². The average molecular weight is 432 g/mol. The van der Waals surface area contributed by atoms with E-state index in [1.54, 1.807) is 11.3 Å². The highest BCUT2D eigenvalue weighted by atomic mass is 127. The largest absolute Gasteiger partial charge is 0.128 e. The van der Waals surface area contributed by atoms with E-state index in [4.69, 9.17) is 0 Å². The molecule has 0 amide bonds. The Hall–Kier alpha value is 0.870. The van der Waals surface area contributed by atoms with E-state index in [2.05, 4.69) is 72.6 Å². The number of hydrogen-bond donors (Lipinski definition) is 0. The van der Waals surface area contributed by atoms with E-state index >= 15 is 0 Å². The normalized spacial score (nSPS) is 11.0. The molecule has 0 nitrogen and oxygen atoms in total. The number of benzene rings is 1. The highest BCUT2D eigenvalue weighted by Gasteiger charge is 2.07. The molecular weight excluding hydrogens is 427 g/mol. The van der Waals surface area contributed by atoms with Crippen molar-refractivity contribution in [2.45, 2.75) is 5.33 Å². The number of rotatable bonds is 1. The van der Waals surface area contributed by atoms with Crippen LogP contribution >= 0.6 is 65.8 Å². The highest BCUT2D eigenvalue weighted by molar-refractivity contribution is 14.1. The fourth-order valence-corrected chi connectivity index (χ4v) is 4.60. The van der Waals surface area contributed by atoms with Gasteiger partial charge in [-0.25, -0.2) is 0 Å². The second kappa shape index (κ2) is 4.16. The third kappa shape index (κ3) is 1.96. The van der Waals surface area contributed by atoms with Crippen molar-refractivity contribution in [1.82, 2.24) is 0 Å². The summed E-state index contributed by atoms with van der Waals surface area (Å²) in [5.41, 5.74) is 1.39. The van der Waals surface area contributed by atoms with Crippen molar-refractivity contribution in [3.8, 4) is 0 Å². The molecule has 0 N–H and O–H groups in total. The van der Waals surface area contributed by atoms with E-state index in [0.29, 0.717) is 0 Å². The Morgan fingerprint density at radius 3 is 2.85 bits per heavy atom. The van der Waals surface area contributed by atoms with Gasteiger partial charge in [-0.15, -0.1) is 11.3 Å². The van der Waals surface area contributed by atoms with E-state index in [0.717, 1.165) is 5.33 Å². The molecule has 0 atom stereocenters. The van der Waals surface area contributed by atoms with Crippen molar-refractivity contribution in [3.05, 3.63) is 31.1 Å². The Kier molecular flexibility index (Phi) is 3.33. The van der Waals surface area contributed by atoms with Gasteiger partial charge in [0.1, 0.15) is 0 Å². The van der Waals surface area contributed by atoms with Gasteiger partial charge in [0.05, 0.1) is 3.79 Å². The van der Waals surface area contributed by atoms with Crippen LogP contribution in [0.1, 0.15) is 5.56 Å². The molecule has 1 heterocycles. The summed E-state index contributed by atoms with van der Waals surface area (Å²) in [5, 5.41) is 2.28. The second-order valence-electron chi connectivity index (χ2n) is 2.62. The Balaban J connectivity index is 2.82. The molecule has 0 saturated heterocycles. The van der Waals surface area contributed by atoms with Gasteiger partial charge in [-0.2, -0.15) is 0 Å². The lowest BCUT2D eigenvalue weighted by Gasteiger charge is -2.01. The zero-order valence-corrected chi connectivity index (χ0v) is 12.6. The minimum absolute atomic E-state index is 0.922. The molecule has 0 bridgehead atoms. The molecule has 0 spiro atoms. The zero-order chi connectivity index (χ0) is 9.42. The lowest BCUT2D eigenvalue weighted by molar-refractivity contribution is 1.46. The fraction of sp³-hybridized carbons (Fsp3) is 0.111. The van der Waals surface area contributed by atoms with Gasteiger partial charge in [0.25, 0.3) is 0 Å². The van der Waals surface area contributed by atoms with Crippen molar-refractivity contribution in [1.29, 1.82) is 0 Å². The van der Waals surface area contributed by atoms with Gasteiger partial charge in [0.2, 0.25) is 0 Å². The lowest BCUT2D eigenvalue weighted by atomic mass is 10.2. The molecule has 0 radical (unpaired) electrons. The first-order chi connectivity index (χ1) is 6.22. The minimum Gasteiger partial charge on any atom is -0.128 e. The average Bonchev–Trinajstić information content (AvgIpc) is 2.45. The van der Waals surface area contributed by atoms with Crippen LogP contribution in [-0.2, 0) is 5.33 Å². The van der Waals surface area contributed by atoms with Gasteiger partial charge in [-0.3, -0.25) is 0 Å². The molecule has 4 heteroatoms. The molecule has 0 saturated carbocycles. The minimum atomic E-state index is 0.922. The van der Waals surface area contributed by atoms with Gasteiger partial charge in [-0.1, -0.05) is 15.9 Å². The van der Waals surface area contributed by atoms with Gasteiger partial charge >= 0.3 is 0 Å². The summed E-state index contributed by atoms with van der Waals surface area (Å²) in [7, 11) is 0. The monoisotopic (exact) mass is 430 g/mol. The van der Waals surface area contributed by atoms with Crippen LogP contribution in [0.2, 0.25) is 0 Å². The van der Waals surface area contributed by atoms with Gasteiger partial charge in [-0.05, 0) is 67.7 Å². The fourth-order valence-electron chi connectivity index (χ4n) is 1.25. The number of hydrogen-bond acceptors (Lipinski definition) is 1. The number of alkyl halides is 1. The molecule has 0 fully saturated rings. The predicted octanol–water partition coefficient (Wildman–Crippen LogP) is 5.16. The predicted molar refractivity (Wildman–Crippen MR) is 74.9 cm³/mol. The van der Waals surface area contributed by atoms with Crippen molar-refractivity contribution in [2.75, 3.05) is 0 Å². The lowest BCUT2D eigenvalue weighted by Crippen LogP contribution is -1.83. The molecule has 2 aromatic rings. The Labute approximate surface area is 111 Å². The Morgan fingerprint density at radius 2 is 2.15 bits per heavy atom. The summed E-state index contributed by atoms with van der Waals surface area (Å²) >= 11 is 11.2. The van der Waals surface area contributed by atoms with E-state index in [1.807, 2.05) is 0 Å². The van der Waals surface area contributed by atoms with Crippen LogP contribution in [0.4, 0.5) is 0 Å². The molecular formula is C9H5Br2IS. The zero-order valence-electron chi connectivity index (χ0n) is 6.48. The van der Waals surface area contributed by atoms with Gasteiger partial charge in [0, 0.05) is 13.6 Å². The third-order valence-electron chi connectivity index (χ3n) is 1.86. The van der Waals surface area contributed by atoms with Gasteiger partial charge in [0.15, 0.2) is 0 Å². The van der Waals surface area contributed by atoms with E-state index in [-0.39, 0.29) is 0 Å².